The van der Waals surface area contributed by atoms with Gasteiger partial charge in [0, 0.05) is 0 Å². The maximum atomic E-state index is 8.71. The molecule has 0 radical (unpaired) electrons. The summed E-state index contributed by atoms with van der Waals surface area (Å²) in [5, 5.41) is 11.9. The summed E-state index contributed by atoms with van der Waals surface area (Å²) in [5.41, 5.74) is 3.04. The second-order valence-electron chi connectivity index (χ2n) is 5.25. The number of rotatable bonds is 9. The first-order valence-electron chi connectivity index (χ1n) is 7.56. The summed E-state index contributed by atoms with van der Waals surface area (Å²) in [6, 6.07) is 8.35. The Morgan fingerprint density at radius 2 is 1.53 bits per heavy atom. The molecule has 1 aromatic carbocycles. The van der Waals surface area contributed by atoms with Gasteiger partial charge in [-0.1, -0.05) is 74.9 Å². The fraction of sp³-hybridized carbons (Fsp3) is 0.588. The third-order valence-corrected chi connectivity index (χ3v) is 3.59. The predicted octanol–water partition coefficient (Wildman–Crippen LogP) is 5.18. The molecule has 0 aliphatic rings. The molecular weight excluding hydrogens is 234 g/mol. The van der Waals surface area contributed by atoms with Crippen molar-refractivity contribution in [3.63, 3.8) is 0 Å². The lowest BCUT2D eigenvalue weighted by atomic mass is 10.0. The molecular formula is C17H27NO. The molecule has 0 aliphatic heterocycles. The average Bonchev–Trinajstić information content (AvgIpc) is 2.46. The molecule has 0 aliphatic carbocycles. The first-order chi connectivity index (χ1) is 9.27. The van der Waals surface area contributed by atoms with Crippen LogP contribution in [0.2, 0.25) is 0 Å². The number of nitrogens with zero attached hydrogens (tertiary/aromatic N) is 1. The van der Waals surface area contributed by atoms with Crippen molar-refractivity contribution < 1.29 is 5.21 Å². The van der Waals surface area contributed by atoms with Gasteiger partial charge in [0.2, 0.25) is 0 Å². The first-order valence-corrected chi connectivity index (χ1v) is 7.56. The number of hydrogen-bond donors (Lipinski definition) is 1. The Kier molecular flexibility index (Phi) is 7.95. The summed E-state index contributed by atoms with van der Waals surface area (Å²) in [7, 11) is 0. The van der Waals surface area contributed by atoms with Crippen molar-refractivity contribution in [2.45, 2.75) is 65.2 Å². The summed E-state index contributed by atoms with van der Waals surface area (Å²) >= 11 is 0. The van der Waals surface area contributed by atoms with E-state index in [1.807, 2.05) is 19.1 Å². The highest BCUT2D eigenvalue weighted by molar-refractivity contribution is 5.98. The molecule has 2 heteroatoms. The Labute approximate surface area is 117 Å². The molecule has 2 nitrogen and oxygen atoms in total. The molecule has 0 amide bonds. The Balaban J connectivity index is 2.19. The van der Waals surface area contributed by atoms with Crippen LogP contribution in [0, 0.1) is 0 Å². The minimum atomic E-state index is 0.669. The molecule has 0 heterocycles. The zero-order valence-electron chi connectivity index (χ0n) is 12.4. The summed E-state index contributed by atoms with van der Waals surface area (Å²) in [6.45, 7) is 4.07. The van der Waals surface area contributed by atoms with Crippen molar-refractivity contribution in [3.8, 4) is 0 Å². The first kappa shape index (κ1) is 15.7. The molecule has 0 fully saturated rings. The SMILES string of the molecule is CCCCCCCCCc1ccc(/C(C)=N\O)cc1. The van der Waals surface area contributed by atoms with Crippen molar-refractivity contribution in [1.29, 1.82) is 0 Å². The number of hydrogen-bond acceptors (Lipinski definition) is 2. The smallest absolute Gasteiger partial charge is 0.0836 e. The molecule has 1 aromatic rings. The van der Waals surface area contributed by atoms with E-state index in [9.17, 15) is 0 Å². The quantitative estimate of drug-likeness (QED) is 0.282. The highest BCUT2D eigenvalue weighted by Crippen LogP contribution is 2.12. The molecule has 0 saturated heterocycles. The molecule has 1 N–H and O–H groups in total. The monoisotopic (exact) mass is 261 g/mol. The van der Waals surface area contributed by atoms with Gasteiger partial charge in [0.1, 0.15) is 0 Å². The van der Waals surface area contributed by atoms with Crippen LogP contribution in [0.25, 0.3) is 0 Å². The normalized spacial score (nSPS) is 11.8. The zero-order valence-corrected chi connectivity index (χ0v) is 12.4. The van der Waals surface area contributed by atoms with Crippen molar-refractivity contribution in [2.24, 2.45) is 5.16 Å². The second-order valence-corrected chi connectivity index (χ2v) is 5.25. The van der Waals surface area contributed by atoms with Crippen molar-refractivity contribution in [1.82, 2.24) is 0 Å². The Hall–Kier alpha value is -1.31. The standard InChI is InChI=1S/C17H27NO/c1-3-4-5-6-7-8-9-10-16-11-13-17(14-12-16)15(2)18-19/h11-14,19H,3-10H2,1-2H3/b18-15-. The third-order valence-electron chi connectivity index (χ3n) is 3.59. The fourth-order valence-electron chi connectivity index (χ4n) is 2.26. The molecule has 0 bridgehead atoms. The Morgan fingerprint density at radius 3 is 2.11 bits per heavy atom. The van der Waals surface area contributed by atoms with Gasteiger partial charge in [-0.3, -0.25) is 0 Å². The molecule has 1 rings (SSSR count). The van der Waals surface area contributed by atoms with E-state index in [4.69, 9.17) is 5.21 Å². The maximum Gasteiger partial charge on any atom is 0.0836 e. The molecule has 0 atom stereocenters. The molecule has 0 saturated carbocycles. The van der Waals surface area contributed by atoms with E-state index in [1.165, 1.54) is 50.5 Å². The van der Waals surface area contributed by atoms with Crippen LogP contribution in [0.3, 0.4) is 0 Å². The second kappa shape index (κ2) is 9.60. The fourth-order valence-corrected chi connectivity index (χ4v) is 2.26. The van der Waals surface area contributed by atoms with Crippen LogP contribution in [0.15, 0.2) is 29.4 Å². The summed E-state index contributed by atoms with van der Waals surface area (Å²) in [4.78, 5) is 0. The van der Waals surface area contributed by atoms with Gasteiger partial charge in [0.15, 0.2) is 0 Å². The molecule has 0 spiro atoms. The topological polar surface area (TPSA) is 32.6 Å². The van der Waals surface area contributed by atoms with Gasteiger partial charge in [-0.25, -0.2) is 0 Å². The van der Waals surface area contributed by atoms with Crippen LogP contribution in [0.1, 0.15) is 69.9 Å². The van der Waals surface area contributed by atoms with Crippen LogP contribution < -0.4 is 0 Å². The third kappa shape index (κ3) is 6.42. The number of aryl methyl sites for hydroxylation is 1. The van der Waals surface area contributed by atoms with Crippen LogP contribution in [0.5, 0.6) is 0 Å². The lowest BCUT2D eigenvalue weighted by molar-refractivity contribution is 0.319. The minimum Gasteiger partial charge on any atom is -0.411 e. The Bertz CT molecular complexity index is 367. The maximum absolute atomic E-state index is 8.71. The highest BCUT2D eigenvalue weighted by atomic mass is 16.4. The van der Waals surface area contributed by atoms with Crippen LogP contribution >= 0.6 is 0 Å². The van der Waals surface area contributed by atoms with E-state index in [1.54, 1.807) is 0 Å². The van der Waals surface area contributed by atoms with Gasteiger partial charge in [0.05, 0.1) is 5.71 Å². The summed E-state index contributed by atoms with van der Waals surface area (Å²) < 4.78 is 0. The van der Waals surface area contributed by atoms with E-state index in [0.29, 0.717) is 5.71 Å². The van der Waals surface area contributed by atoms with Gasteiger partial charge in [-0.2, -0.15) is 0 Å². The van der Waals surface area contributed by atoms with Crippen LogP contribution in [0.4, 0.5) is 0 Å². The Morgan fingerprint density at radius 1 is 0.947 bits per heavy atom. The summed E-state index contributed by atoms with van der Waals surface area (Å²) in [5.74, 6) is 0. The summed E-state index contributed by atoms with van der Waals surface area (Å²) in [6.07, 6.45) is 10.6. The predicted molar refractivity (Wildman–Crippen MR) is 82.1 cm³/mol. The average molecular weight is 261 g/mol. The zero-order chi connectivity index (χ0) is 13.9. The molecule has 0 unspecified atom stereocenters. The lowest BCUT2D eigenvalue weighted by Gasteiger charge is -2.04. The van der Waals surface area contributed by atoms with E-state index < -0.39 is 0 Å². The van der Waals surface area contributed by atoms with E-state index in [-0.39, 0.29) is 0 Å². The van der Waals surface area contributed by atoms with Crippen molar-refractivity contribution in [3.05, 3.63) is 35.4 Å². The largest absolute Gasteiger partial charge is 0.411 e. The van der Waals surface area contributed by atoms with E-state index in [0.717, 1.165) is 12.0 Å². The van der Waals surface area contributed by atoms with E-state index >= 15 is 0 Å². The molecule has 0 aromatic heterocycles. The highest BCUT2D eigenvalue weighted by Gasteiger charge is 1.98. The van der Waals surface area contributed by atoms with Gasteiger partial charge < -0.3 is 5.21 Å². The van der Waals surface area contributed by atoms with Gasteiger partial charge in [0.25, 0.3) is 0 Å². The number of benzene rings is 1. The lowest BCUT2D eigenvalue weighted by Crippen LogP contribution is -1.95. The van der Waals surface area contributed by atoms with E-state index in [2.05, 4.69) is 24.2 Å². The van der Waals surface area contributed by atoms with Gasteiger partial charge in [-0.15, -0.1) is 0 Å². The number of oxime groups is 1. The minimum absolute atomic E-state index is 0.669. The van der Waals surface area contributed by atoms with Crippen molar-refractivity contribution in [2.75, 3.05) is 0 Å². The van der Waals surface area contributed by atoms with Crippen LogP contribution in [-0.4, -0.2) is 10.9 Å². The molecule has 106 valence electrons. The van der Waals surface area contributed by atoms with Crippen LogP contribution in [-0.2, 0) is 6.42 Å². The van der Waals surface area contributed by atoms with Crippen molar-refractivity contribution >= 4 is 5.71 Å². The van der Waals surface area contributed by atoms with Gasteiger partial charge in [-0.05, 0) is 30.9 Å². The number of unbranched alkanes of at least 4 members (excludes halogenated alkanes) is 6. The van der Waals surface area contributed by atoms with Gasteiger partial charge >= 0.3 is 0 Å². The molecule has 19 heavy (non-hydrogen) atoms.